The molecular formula is C24H26N2O2S2. The Morgan fingerprint density at radius 2 is 1.80 bits per heavy atom. The maximum atomic E-state index is 12.7. The number of rotatable bonds is 7. The molecule has 0 atom stereocenters. The highest BCUT2D eigenvalue weighted by molar-refractivity contribution is 8.26. The third-order valence-electron chi connectivity index (χ3n) is 4.95. The highest BCUT2D eigenvalue weighted by Gasteiger charge is 2.32. The fraction of sp³-hybridized carbons (Fsp3) is 0.292. The van der Waals surface area contributed by atoms with Gasteiger partial charge in [0.25, 0.3) is 5.91 Å². The van der Waals surface area contributed by atoms with Gasteiger partial charge in [0.1, 0.15) is 4.32 Å². The van der Waals surface area contributed by atoms with E-state index in [2.05, 4.69) is 31.3 Å². The van der Waals surface area contributed by atoms with Gasteiger partial charge >= 0.3 is 0 Å². The first-order valence-electron chi connectivity index (χ1n) is 10.0. The van der Waals surface area contributed by atoms with Gasteiger partial charge in [0.2, 0.25) is 5.91 Å². The van der Waals surface area contributed by atoms with Crippen LogP contribution < -0.4 is 5.32 Å². The summed E-state index contributed by atoms with van der Waals surface area (Å²) in [6.45, 7) is 7.09. The minimum atomic E-state index is -0.135. The second-order valence-electron chi connectivity index (χ2n) is 7.67. The largest absolute Gasteiger partial charge is 0.352 e. The lowest BCUT2D eigenvalue weighted by atomic mass is 10.0. The van der Waals surface area contributed by atoms with Gasteiger partial charge in [0.15, 0.2) is 0 Å². The molecule has 0 spiro atoms. The van der Waals surface area contributed by atoms with Crippen LogP contribution in [0.25, 0.3) is 6.08 Å². The third-order valence-corrected chi connectivity index (χ3v) is 6.33. The van der Waals surface area contributed by atoms with Gasteiger partial charge in [-0.15, -0.1) is 0 Å². The first kappa shape index (κ1) is 22.2. The average molecular weight is 439 g/mol. The van der Waals surface area contributed by atoms with Gasteiger partial charge in [-0.05, 0) is 35.6 Å². The Balaban J connectivity index is 1.54. The summed E-state index contributed by atoms with van der Waals surface area (Å²) in [6, 6.07) is 16.2. The van der Waals surface area contributed by atoms with Crippen molar-refractivity contribution in [2.45, 2.75) is 39.7 Å². The molecule has 4 nitrogen and oxygen atoms in total. The molecule has 156 valence electrons. The summed E-state index contributed by atoms with van der Waals surface area (Å²) in [5.74, 6) is 0.233. The zero-order valence-corrected chi connectivity index (χ0v) is 19.1. The fourth-order valence-corrected chi connectivity index (χ4v) is 4.34. The molecule has 30 heavy (non-hydrogen) atoms. The molecule has 0 aromatic heterocycles. The number of nitrogens with one attached hydrogen (secondary N) is 1. The van der Waals surface area contributed by atoms with E-state index in [1.54, 1.807) is 0 Å². The van der Waals surface area contributed by atoms with Crippen molar-refractivity contribution in [2.24, 2.45) is 0 Å². The van der Waals surface area contributed by atoms with Crippen molar-refractivity contribution in [1.29, 1.82) is 0 Å². The van der Waals surface area contributed by atoms with Crippen molar-refractivity contribution in [3.8, 4) is 0 Å². The summed E-state index contributed by atoms with van der Waals surface area (Å²) < 4.78 is 0.497. The van der Waals surface area contributed by atoms with E-state index in [9.17, 15) is 9.59 Å². The number of nitrogens with zero attached hydrogens (tertiary/aromatic N) is 1. The molecular weight excluding hydrogens is 412 g/mol. The molecule has 2 aromatic carbocycles. The molecule has 1 N–H and O–H groups in total. The van der Waals surface area contributed by atoms with Crippen molar-refractivity contribution in [3.63, 3.8) is 0 Å². The minimum absolute atomic E-state index is 0.0992. The van der Waals surface area contributed by atoms with E-state index >= 15 is 0 Å². The number of benzene rings is 2. The Kier molecular flexibility index (Phi) is 7.45. The summed E-state index contributed by atoms with van der Waals surface area (Å²) in [4.78, 5) is 27.0. The minimum Gasteiger partial charge on any atom is -0.352 e. The first-order chi connectivity index (χ1) is 14.3. The van der Waals surface area contributed by atoms with Crippen molar-refractivity contribution in [2.75, 3.05) is 6.54 Å². The summed E-state index contributed by atoms with van der Waals surface area (Å²) in [5, 5.41) is 2.90. The number of amides is 2. The number of hydrogen-bond donors (Lipinski definition) is 1. The Bertz CT molecular complexity index is 964. The fourth-order valence-electron chi connectivity index (χ4n) is 3.03. The van der Waals surface area contributed by atoms with Crippen LogP contribution in [0.5, 0.6) is 0 Å². The monoisotopic (exact) mass is 438 g/mol. The SMILES string of the molecule is Cc1ccc(CNC(=O)CCN2C(=O)/C(=C/c3ccc(C(C)C)cc3)SC2=S)cc1. The smallest absolute Gasteiger partial charge is 0.266 e. The van der Waals surface area contributed by atoms with Crippen LogP contribution in [-0.2, 0) is 16.1 Å². The Labute approximate surface area is 187 Å². The zero-order valence-electron chi connectivity index (χ0n) is 17.5. The standard InChI is InChI=1S/C24H26N2O2S2/c1-16(2)20-10-8-18(9-11-20)14-21-23(28)26(24(29)30-21)13-12-22(27)25-15-19-6-4-17(3)5-7-19/h4-11,14,16H,12-13,15H2,1-3H3,(H,25,27)/b21-14-. The van der Waals surface area contributed by atoms with Crippen molar-refractivity contribution in [1.82, 2.24) is 10.2 Å². The topological polar surface area (TPSA) is 49.4 Å². The van der Waals surface area contributed by atoms with E-state index in [4.69, 9.17) is 12.2 Å². The molecule has 6 heteroatoms. The van der Waals surface area contributed by atoms with Crippen LogP contribution in [0.1, 0.15) is 48.4 Å². The molecule has 2 aromatic rings. The molecule has 0 radical (unpaired) electrons. The molecule has 3 rings (SSSR count). The Morgan fingerprint density at radius 3 is 2.43 bits per heavy atom. The van der Waals surface area contributed by atoms with E-state index in [0.29, 0.717) is 21.7 Å². The molecule has 0 bridgehead atoms. The number of carbonyl (C=O) groups excluding carboxylic acids is 2. The van der Waals surface area contributed by atoms with Crippen molar-refractivity contribution in [3.05, 3.63) is 75.7 Å². The van der Waals surface area contributed by atoms with E-state index in [1.807, 2.05) is 49.4 Å². The molecule has 1 saturated heterocycles. The maximum Gasteiger partial charge on any atom is 0.266 e. The van der Waals surface area contributed by atoms with Crippen molar-refractivity contribution >= 4 is 46.2 Å². The second kappa shape index (κ2) is 10.0. The van der Waals surface area contributed by atoms with Crippen LogP contribution in [0.15, 0.2) is 53.4 Å². The summed E-state index contributed by atoms with van der Waals surface area (Å²) >= 11 is 6.65. The quantitative estimate of drug-likeness (QED) is 0.487. The lowest BCUT2D eigenvalue weighted by Gasteiger charge is -2.14. The first-order valence-corrected chi connectivity index (χ1v) is 11.2. The molecule has 1 aliphatic rings. The van der Waals surface area contributed by atoms with Gasteiger partial charge in [-0.25, -0.2) is 0 Å². The predicted molar refractivity (Wildman–Crippen MR) is 128 cm³/mol. The van der Waals surface area contributed by atoms with Crippen LogP contribution in [0, 0.1) is 6.92 Å². The highest BCUT2D eigenvalue weighted by atomic mass is 32.2. The lowest BCUT2D eigenvalue weighted by Crippen LogP contribution is -2.33. The molecule has 1 heterocycles. The van der Waals surface area contributed by atoms with Gasteiger partial charge in [-0.3, -0.25) is 14.5 Å². The van der Waals surface area contributed by atoms with E-state index in [0.717, 1.165) is 11.1 Å². The summed E-state index contributed by atoms with van der Waals surface area (Å²) in [6.07, 6.45) is 2.08. The molecule has 0 aliphatic carbocycles. The second-order valence-corrected chi connectivity index (χ2v) is 9.34. The highest BCUT2D eigenvalue weighted by Crippen LogP contribution is 2.32. The van der Waals surface area contributed by atoms with E-state index in [1.165, 1.54) is 27.8 Å². The molecule has 0 saturated carbocycles. The average Bonchev–Trinajstić information content (AvgIpc) is 2.99. The van der Waals surface area contributed by atoms with Gasteiger partial charge in [-0.1, -0.05) is 91.9 Å². The summed E-state index contributed by atoms with van der Waals surface area (Å²) in [7, 11) is 0. The van der Waals surface area contributed by atoms with Crippen LogP contribution in [0.3, 0.4) is 0 Å². The third kappa shape index (κ3) is 5.80. The van der Waals surface area contributed by atoms with Crippen LogP contribution in [-0.4, -0.2) is 27.6 Å². The molecule has 1 fully saturated rings. The number of aryl methyl sites for hydroxylation is 1. The van der Waals surface area contributed by atoms with Gasteiger partial charge in [0, 0.05) is 19.5 Å². The Morgan fingerprint density at radius 1 is 1.13 bits per heavy atom. The normalized spacial score (nSPS) is 15.3. The van der Waals surface area contributed by atoms with Gasteiger partial charge < -0.3 is 5.32 Å². The number of thiocarbonyl (C=S) groups is 1. The van der Waals surface area contributed by atoms with Gasteiger partial charge in [-0.2, -0.15) is 0 Å². The Hall–Kier alpha value is -2.44. The summed E-state index contributed by atoms with van der Waals surface area (Å²) in [5.41, 5.74) is 4.46. The predicted octanol–water partition coefficient (Wildman–Crippen LogP) is 5.03. The number of thioether (sulfide) groups is 1. The number of carbonyl (C=O) groups is 2. The maximum absolute atomic E-state index is 12.7. The number of hydrogen-bond acceptors (Lipinski definition) is 4. The van der Waals surface area contributed by atoms with E-state index in [-0.39, 0.29) is 24.8 Å². The van der Waals surface area contributed by atoms with Crippen LogP contribution >= 0.6 is 24.0 Å². The zero-order chi connectivity index (χ0) is 21.7. The molecule has 0 unspecified atom stereocenters. The van der Waals surface area contributed by atoms with E-state index < -0.39 is 0 Å². The van der Waals surface area contributed by atoms with Crippen molar-refractivity contribution < 1.29 is 9.59 Å². The lowest BCUT2D eigenvalue weighted by molar-refractivity contribution is -0.123. The van der Waals surface area contributed by atoms with Crippen LogP contribution in [0.2, 0.25) is 0 Å². The molecule has 1 aliphatic heterocycles. The van der Waals surface area contributed by atoms with Gasteiger partial charge in [0.05, 0.1) is 4.91 Å². The molecule has 2 amide bonds. The van der Waals surface area contributed by atoms with Crippen LogP contribution in [0.4, 0.5) is 0 Å².